The number of para-hydroxylation sites is 1. The first-order valence-electron chi connectivity index (χ1n) is 9.68. The fourth-order valence-corrected chi connectivity index (χ4v) is 4.37. The molecule has 144 valence electrons. The van der Waals surface area contributed by atoms with Crippen LogP contribution in [0, 0.1) is 0 Å². The van der Waals surface area contributed by atoms with Crippen molar-refractivity contribution in [1.29, 1.82) is 0 Å². The van der Waals surface area contributed by atoms with E-state index >= 15 is 0 Å². The molecule has 0 bridgehead atoms. The molecule has 1 atom stereocenters. The smallest absolute Gasteiger partial charge is 0.143 e. The number of nitrogens with zero attached hydrogens (tertiary/aromatic N) is 1. The van der Waals surface area contributed by atoms with Gasteiger partial charge in [0.2, 0.25) is 0 Å². The fourth-order valence-electron chi connectivity index (χ4n) is 3.95. The third-order valence-electron chi connectivity index (χ3n) is 5.24. The van der Waals surface area contributed by atoms with Gasteiger partial charge >= 0.3 is 0 Å². The zero-order chi connectivity index (χ0) is 19.3. The van der Waals surface area contributed by atoms with Crippen LogP contribution in [0.15, 0.2) is 77.3 Å². The molecule has 1 N–H and O–H groups in total. The Bertz CT molecular complexity index is 929. The number of aliphatic hydroxyl groups excluding tert-OH is 1. The van der Waals surface area contributed by atoms with Crippen LogP contribution < -0.4 is 9.64 Å². The Morgan fingerprint density at radius 3 is 2.61 bits per heavy atom. The number of fused-ring (bicyclic) bond motifs is 1. The van der Waals surface area contributed by atoms with E-state index in [1.54, 1.807) is 0 Å². The van der Waals surface area contributed by atoms with Gasteiger partial charge in [0.05, 0.1) is 11.7 Å². The normalized spacial score (nSPS) is 14.0. The number of halogens is 1. The highest BCUT2D eigenvalue weighted by molar-refractivity contribution is 9.10. The van der Waals surface area contributed by atoms with Gasteiger partial charge in [0.1, 0.15) is 12.4 Å². The van der Waals surface area contributed by atoms with Crippen LogP contribution in [0.25, 0.3) is 0 Å². The Morgan fingerprint density at radius 2 is 1.82 bits per heavy atom. The summed E-state index contributed by atoms with van der Waals surface area (Å²) in [5, 5.41) is 9.73. The monoisotopic (exact) mass is 437 g/mol. The highest BCUT2D eigenvalue weighted by Gasteiger charge is 2.30. The highest BCUT2D eigenvalue weighted by Crippen LogP contribution is 2.43. The van der Waals surface area contributed by atoms with Crippen molar-refractivity contribution in [3.63, 3.8) is 0 Å². The van der Waals surface area contributed by atoms with Gasteiger partial charge in [0.25, 0.3) is 0 Å². The minimum atomic E-state index is 0.116. The zero-order valence-electron chi connectivity index (χ0n) is 15.7. The molecule has 0 aliphatic carbocycles. The average Bonchev–Trinajstić information content (AvgIpc) is 3.16. The molecule has 1 aliphatic rings. The Morgan fingerprint density at radius 1 is 1.00 bits per heavy atom. The molecule has 1 aliphatic heterocycles. The maximum atomic E-state index is 9.73. The van der Waals surface area contributed by atoms with Crippen LogP contribution >= 0.6 is 15.9 Å². The van der Waals surface area contributed by atoms with E-state index in [-0.39, 0.29) is 12.6 Å². The molecule has 1 heterocycles. The molecule has 0 spiro atoms. The van der Waals surface area contributed by atoms with Crippen LogP contribution in [0.2, 0.25) is 0 Å². The zero-order valence-corrected chi connectivity index (χ0v) is 17.3. The lowest BCUT2D eigenvalue weighted by molar-refractivity contribution is 0.272. The van der Waals surface area contributed by atoms with Crippen molar-refractivity contribution < 1.29 is 9.84 Å². The van der Waals surface area contributed by atoms with Crippen molar-refractivity contribution in [2.75, 3.05) is 18.1 Å². The van der Waals surface area contributed by atoms with E-state index in [1.807, 2.05) is 24.3 Å². The number of hydrogen-bond acceptors (Lipinski definition) is 3. The summed E-state index contributed by atoms with van der Waals surface area (Å²) in [5.74, 6) is 0.914. The quantitative estimate of drug-likeness (QED) is 0.528. The molecule has 4 rings (SSSR count). The van der Waals surface area contributed by atoms with Crippen LogP contribution in [0.5, 0.6) is 5.75 Å². The van der Waals surface area contributed by atoms with Crippen LogP contribution in [0.1, 0.15) is 29.2 Å². The molecule has 0 fully saturated rings. The standard InChI is InChI=1S/C24H24BrNO2/c25-21-10-4-9-20(16-21)22(13-15-27)26-14-12-19-8-5-11-23(24(19)26)28-17-18-6-2-1-3-7-18/h1-11,16,22,27H,12-15,17H2/t22-/m1/s1. The number of ether oxygens (including phenoxy) is 1. The molecule has 28 heavy (non-hydrogen) atoms. The molecule has 0 saturated carbocycles. The van der Waals surface area contributed by atoms with E-state index < -0.39 is 0 Å². The fraction of sp³-hybridized carbons (Fsp3) is 0.250. The Hall–Kier alpha value is -2.30. The molecule has 0 aromatic heterocycles. The summed E-state index contributed by atoms with van der Waals surface area (Å²) in [6.45, 7) is 1.63. The summed E-state index contributed by atoms with van der Waals surface area (Å²) >= 11 is 3.58. The largest absolute Gasteiger partial charge is 0.487 e. The molecule has 4 heteroatoms. The molecule has 3 nitrogen and oxygen atoms in total. The molecule has 0 radical (unpaired) electrons. The Kier molecular flexibility index (Phi) is 5.98. The summed E-state index contributed by atoms with van der Waals surface area (Å²) in [6.07, 6.45) is 1.68. The van der Waals surface area contributed by atoms with Crippen molar-refractivity contribution >= 4 is 21.6 Å². The third-order valence-corrected chi connectivity index (χ3v) is 5.73. The van der Waals surface area contributed by atoms with E-state index in [4.69, 9.17) is 4.74 Å². The first-order valence-corrected chi connectivity index (χ1v) is 10.5. The van der Waals surface area contributed by atoms with Crippen molar-refractivity contribution in [2.24, 2.45) is 0 Å². The number of hydrogen-bond donors (Lipinski definition) is 1. The van der Waals surface area contributed by atoms with Crippen molar-refractivity contribution in [3.8, 4) is 5.75 Å². The van der Waals surface area contributed by atoms with Gasteiger partial charge in [0, 0.05) is 17.6 Å². The van der Waals surface area contributed by atoms with Crippen LogP contribution in [-0.2, 0) is 13.0 Å². The Balaban J connectivity index is 1.64. The third kappa shape index (κ3) is 4.08. The molecular weight excluding hydrogens is 414 g/mol. The lowest BCUT2D eigenvalue weighted by atomic mass is 10.0. The van der Waals surface area contributed by atoms with E-state index in [0.29, 0.717) is 13.0 Å². The molecule has 0 unspecified atom stereocenters. The van der Waals surface area contributed by atoms with Gasteiger partial charge in [-0.15, -0.1) is 0 Å². The predicted octanol–water partition coefficient (Wildman–Crippen LogP) is 5.51. The molecule has 3 aromatic carbocycles. The maximum Gasteiger partial charge on any atom is 0.143 e. The number of benzene rings is 3. The second-order valence-electron chi connectivity index (χ2n) is 7.06. The minimum Gasteiger partial charge on any atom is -0.487 e. The van der Waals surface area contributed by atoms with Gasteiger partial charge in [-0.1, -0.05) is 70.5 Å². The lowest BCUT2D eigenvalue weighted by Crippen LogP contribution is -2.28. The Labute approximate surface area is 174 Å². The second-order valence-corrected chi connectivity index (χ2v) is 7.98. The SMILES string of the molecule is OCC[C@H](c1cccc(Br)c1)N1CCc2cccc(OCc3ccccc3)c21. The lowest BCUT2D eigenvalue weighted by Gasteiger charge is -2.32. The van der Waals surface area contributed by atoms with E-state index in [1.165, 1.54) is 11.1 Å². The number of anilines is 1. The maximum absolute atomic E-state index is 9.73. The minimum absolute atomic E-state index is 0.116. The molecule has 0 amide bonds. The van der Waals surface area contributed by atoms with Gasteiger partial charge in [-0.25, -0.2) is 0 Å². The van der Waals surface area contributed by atoms with Crippen molar-refractivity contribution in [2.45, 2.75) is 25.5 Å². The van der Waals surface area contributed by atoms with Crippen molar-refractivity contribution in [1.82, 2.24) is 0 Å². The van der Waals surface area contributed by atoms with Crippen LogP contribution in [0.3, 0.4) is 0 Å². The van der Waals surface area contributed by atoms with Gasteiger partial charge in [0.15, 0.2) is 0 Å². The molecular formula is C24H24BrNO2. The van der Waals surface area contributed by atoms with E-state index in [2.05, 4.69) is 69.4 Å². The highest BCUT2D eigenvalue weighted by atomic mass is 79.9. The first-order chi connectivity index (χ1) is 13.8. The summed E-state index contributed by atoms with van der Waals surface area (Å²) in [4.78, 5) is 2.40. The van der Waals surface area contributed by atoms with Gasteiger partial charge in [-0.2, -0.15) is 0 Å². The van der Waals surface area contributed by atoms with E-state index in [0.717, 1.165) is 34.4 Å². The predicted molar refractivity (Wildman–Crippen MR) is 117 cm³/mol. The van der Waals surface area contributed by atoms with Gasteiger partial charge in [-0.05, 0) is 47.7 Å². The average molecular weight is 438 g/mol. The first kappa shape index (κ1) is 19.0. The summed E-state index contributed by atoms with van der Waals surface area (Å²) < 4.78 is 7.30. The van der Waals surface area contributed by atoms with Gasteiger partial charge in [-0.3, -0.25) is 0 Å². The number of aliphatic hydroxyl groups is 1. The summed E-state index contributed by atoms with van der Waals surface area (Å²) in [7, 11) is 0. The molecule has 0 saturated heterocycles. The van der Waals surface area contributed by atoms with Crippen LogP contribution in [-0.4, -0.2) is 18.3 Å². The van der Waals surface area contributed by atoms with Crippen LogP contribution in [0.4, 0.5) is 5.69 Å². The van der Waals surface area contributed by atoms with Gasteiger partial charge < -0.3 is 14.7 Å². The second kappa shape index (κ2) is 8.80. The summed E-state index contributed by atoms with van der Waals surface area (Å²) in [5.41, 5.74) is 4.83. The topological polar surface area (TPSA) is 32.7 Å². The van der Waals surface area contributed by atoms with E-state index in [9.17, 15) is 5.11 Å². The summed E-state index contributed by atoms with van der Waals surface area (Å²) in [6, 6.07) is 25.0. The number of rotatable bonds is 7. The van der Waals surface area contributed by atoms with Crippen molar-refractivity contribution in [3.05, 3.63) is 94.0 Å². The molecule has 3 aromatic rings.